The molecule has 0 amide bonds. The topological polar surface area (TPSA) is 0 Å². The first-order valence-electron chi connectivity index (χ1n) is 9.64. The Bertz CT molecular complexity index is 1030. The van der Waals surface area contributed by atoms with Crippen molar-refractivity contribution in [2.24, 2.45) is 5.41 Å². The van der Waals surface area contributed by atoms with Crippen LogP contribution in [0.5, 0.6) is 0 Å². The molecule has 2 aromatic carbocycles. The predicted octanol–water partition coefficient (Wildman–Crippen LogP) is 7.42. The zero-order valence-corrected chi connectivity index (χ0v) is 20.6. The number of rotatable bonds is 2. The predicted molar refractivity (Wildman–Crippen MR) is 110 cm³/mol. The van der Waals surface area contributed by atoms with Crippen molar-refractivity contribution in [2.45, 2.75) is 54.4 Å². The molecule has 0 spiro atoms. The molecule has 2 aromatic rings. The summed E-state index contributed by atoms with van der Waals surface area (Å²) >= 11 is -1.08. The molecule has 0 fully saturated rings. The monoisotopic (exact) mass is 508 g/mol. The van der Waals surface area contributed by atoms with Crippen LogP contribution in [-0.2, 0) is 22.9 Å². The Hall–Kier alpha value is -1.21. The molecule has 1 atom stereocenters. The van der Waals surface area contributed by atoms with E-state index in [9.17, 15) is 0 Å². The molecular formula is C25H28Hf. The minimum absolute atomic E-state index is 0.265. The second-order valence-corrected chi connectivity index (χ2v) is 13.1. The van der Waals surface area contributed by atoms with Crippen LogP contribution >= 0.6 is 0 Å². The first kappa shape index (κ1) is 18.2. The number of allylic oxidation sites excluding steroid dienone is 6. The zero-order valence-electron chi connectivity index (χ0n) is 17.0. The second-order valence-electron chi connectivity index (χ2n) is 8.51. The number of hydrogen-bond acceptors (Lipinski definition) is 0. The van der Waals surface area contributed by atoms with Crippen LogP contribution < -0.4 is 0 Å². The van der Waals surface area contributed by atoms with Gasteiger partial charge in [-0.3, -0.25) is 0 Å². The van der Waals surface area contributed by atoms with Crippen molar-refractivity contribution in [1.82, 2.24) is 0 Å². The Morgan fingerprint density at radius 2 is 1.54 bits per heavy atom. The summed E-state index contributed by atoms with van der Waals surface area (Å²) in [6.07, 6.45) is 0. The molecule has 132 valence electrons. The molecular weight excluding hydrogens is 479 g/mol. The van der Waals surface area contributed by atoms with Crippen LogP contribution in [0.3, 0.4) is 0 Å². The number of fused-ring (bicyclic) bond motifs is 3. The van der Waals surface area contributed by atoms with Crippen LogP contribution in [0.15, 0.2) is 59.8 Å². The molecule has 0 saturated carbocycles. The molecule has 0 heterocycles. The van der Waals surface area contributed by atoms with Gasteiger partial charge in [-0.15, -0.1) is 0 Å². The van der Waals surface area contributed by atoms with Crippen LogP contribution in [0.4, 0.5) is 0 Å². The molecule has 2 aliphatic rings. The van der Waals surface area contributed by atoms with E-state index in [1.807, 2.05) is 3.33 Å². The molecule has 1 heteroatoms. The average Bonchev–Trinajstić information content (AvgIpc) is 2.95. The normalized spacial score (nSPS) is 21.9. The standard InChI is InChI=1S/C15H13.C10H15.Hf/c1-10-9-11(2)15-13(10)8-7-12-5-3-4-6-14(12)15;1-7-6-10(4,5)9(3)8(7)2;/h3-8,11H,1-2H3;1-5H3;. The van der Waals surface area contributed by atoms with Crippen LogP contribution in [0.25, 0.3) is 16.3 Å². The summed E-state index contributed by atoms with van der Waals surface area (Å²) in [5.41, 5.74) is 9.67. The van der Waals surface area contributed by atoms with E-state index in [4.69, 9.17) is 0 Å². The summed E-state index contributed by atoms with van der Waals surface area (Å²) in [6, 6.07) is 13.6. The van der Waals surface area contributed by atoms with Gasteiger partial charge in [0.25, 0.3) is 0 Å². The van der Waals surface area contributed by atoms with E-state index >= 15 is 0 Å². The van der Waals surface area contributed by atoms with Crippen molar-refractivity contribution >= 4 is 16.3 Å². The average molecular weight is 507 g/mol. The van der Waals surface area contributed by atoms with Gasteiger partial charge in [0.05, 0.1) is 0 Å². The molecule has 0 saturated heterocycles. The quantitative estimate of drug-likeness (QED) is 0.372. The van der Waals surface area contributed by atoms with E-state index in [1.165, 1.54) is 16.3 Å². The van der Waals surface area contributed by atoms with Gasteiger partial charge in [-0.05, 0) is 0 Å². The fourth-order valence-corrected chi connectivity index (χ4v) is 11.4. The van der Waals surface area contributed by atoms with E-state index in [0.29, 0.717) is 5.92 Å². The third-order valence-corrected chi connectivity index (χ3v) is 15.3. The molecule has 4 rings (SSSR count). The van der Waals surface area contributed by atoms with Gasteiger partial charge < -0.3 is 0 Å². The van der Waals surface area contributed by atoms with Crippen LogP contribution in [0.2, 0.25) is 0 Å². The Kier molecular flexibility index (Phi) is 4.30. The summed E-state index contributed by atoms with van der Waals surface area (Å²) in [4.78, 5) is 0. The van der Waals surface area contributed by atoms with Gasteiger partial charge in [-0.1, -0.05) is 0 Å². The summed E-state index contributed by atoms with van der Waals surface area (Å²) in [7, 11) is 0. The van der Waals surface area contributed by atoms with Crippen molar-refractivity contribution in [3.8, 4) is 0 Å². The van der Waals surface area contributed by atoms with Gasteiger partial charge in [-0.2, -0.15) is 0 Å². The fourth-order valence-electron chi connectivity index (χ4n) is 4.88. The first-order chi connectivity index (χ1) is 12.2. The molecule has 1 unspecified atom stereocenters. The minimum atomic E-state index is -1.08. The SMILES string of the molecule is CC1=C(C)C(C)(C)[C]([Hf][C]2=C(C)c3ccc4ccccc4c3C2C)=C1C. The maximum atomic E-state index is 2.45. The van der Waals surface area contributed by atoms with Gasteiger partial charge in [0, 0.05) is 0 Å². The van der Waals surface area contributed by atoms with Gasteiger partial charge in [0.15, 0.2) is 0 Å². The van der Waals surface area contributed by atoms with Gasteiger partial charge >= 0.3 is 170 Å². The number of benzene rings is 2. The summed E-state index contributed by atoms with van der Waals surface area (Å²) in [5.74, 6) is 0.580. The Balaban J connectivity index is 1.80. The van der Waals surface area contributed by atoms with Gasteiger partial charge in [0.2, 0.25) is 0 Å². The summed E-state index contributed by atoms with van der Waals surface area (Å²) in [5, 5.41) is 2.84. The Labute approximate surface area is 169 Å². The van der Waals surface area contributed by atoms with Crippen molar-refractivity contribution in [3.05, 3.63) is 70.9 Å². The van der Waals surface area contributed by atoms with E-state index in [0.717, 1.165) is 0 Å². The molecule has 26 heavy (non-hydrogen) atoms. The molecule has 0 nitrogen and oxygen atoms in total. The van der Waals surface area contributed by atoms with Crippen LogP contribution in [0.1, 0.15) is 65.5 Å². The maximum absolute atomic E-state index is 2.45. The zero-order chi connectivity index (χ0) is 18.8. The second kappa shape index (κ2) is 6.16. The van der Waals surface area contributed by atoms with E-state index in [-0.39, 0.29) is 5.41 Å². The molecule has 0 aliphatic heterocycles. The van der Waals surface area contributed by atoms with E-state index in [2.05, 4.69) is 84.9 Å². The Morgan fingerprint density at radius 3 is 2.19 bits per heavy atom. The van der Waals surface area contributed by atoms with Crippen molar-refractivity contribution in [3.63, 3.8) is 0 Å². The van der Waals surface area contributed by atoms with E-state index < -0.39 is 22.9 Å². The molecule has 0 N–H and O–H groups in total. The first-order valence-corrected chi connectivity index (χ1v) is 13.2. The molecule has 0 aromatic heterocycles. The van der Waals surface area contributed by atoms with E-state index in [1.54, 1.807) is 31.2 Å². The molecule has 0 bridgehead atoms. The molecule has 0 radical (unpaired) electrons. The van der Waals surface area contributed by atoms with Crippen LogP contribution in [-0.4, -0.2) is 0 Å². The summed E-state index contributed by atoms with van der Waals surface area (Å²) in [6.45, 7) is 16.8. The van der Waals surface area contributed by atoms with Gasteiger partial charge in [-0.25, -0.2) is 0 Å². The third kappa shape index (κ3) is 2.43. The van der Waals surface area contributed by atoms with Crippen molar-refractivity contribution in [2.75, 3.05) is 0 Å². The molecule has 2 aliphatic carbocycles. The fraction of sp³-hybridized carbons (Fsp3) is 0.360. The van der Waals surface area contributed by atoms with Crippen LogP contribution in [0, 0.1) is 5.41 Å². The number of hydrogen-bond donors (Lipinski definition) is 0. The van der Waals surface area contributed by atoms with Gasteiger partial charge in [0.1, 0.15) is 0 Å². The van der Waals surface area contributed by atoms with Crippen molar-refractivity contribution in [1.29, 1.82) is 0 Å². The Morgan fingerprint density at radius 1 is 0.846 bits per heavy atom. The third-order valence-electron chi connectivity index (χ3n) is 6.97. The summed E-state index contributed by atoms with van der Waals surface area (Å²) < 4.78 is 3.62. The van der Waals surface area contributed by atoms with Crippen molar-refractivity contribution < 1.29 is 22.9 Å².